The average molecular weight is 334 g/mol. The van der Waals surface area contributed by atoms with Gasteiger partial charge in [-0.3, -0.25) is 4.79 Å². The fourth-order valence-electron chi connectivity index (χ4n) is 2.80. The van der Waals surface area contributed by atoms with Crippen LogP contribution < -0.4 is 5.32 Å². The molecule has 0 aromatic rings. The van der Waals surface area contributed by atoms with Crippen LogP contribution in [0.1, 0.15) is 40.5 Å². The van der Waals surface area contributed by atoms with Gasteiger partial charge >= 0.3 is 0 Å². The lowest BCUT2D eigenvalue weighted by atomic mass is 10.1. The molecule has 2 atom stereocenters. The van der Waals surface area contributed by atoms with E-state index in [-0.39, 0.29) is 23.7 Å². The Balaban J connectivity index is 4.72. The zero-order valence-corrected chi connectivity index (χ0v) is 15.0. The molecule has 7 heteroatoms. The highest BCUT2D eigenvalue weighted by molar-refractivity contribution is 7.85. The van der Waals surface area contributed by atoms with Gasteiger partial charge < -0.3 is 14.4 Å². The summed E-state index contributed by atoms with van der Waals surface area (Å²) in [5.74, 6) is -0.513. The molecular formula is C15H30N2O4S. The van der Waals surface area contributed by atoms with E-state index >= 15 is 0 Å². The van der Waals surface area contributed by atoms with E-state index in [1.165, 1.54) is 6.08 Å². The van der Waals surface area contributed by atoms with Crippen LogP contribution in [-0.4, -0.2) is 60.8 Å². The van der Waals surface area contributed by atoms with Gasteiger partial charge in [-0.25, -0.2) is 8.42 Å². The van der Waals surface area contributed by atoms with Crippen molar-refractivity contribution >= 4 is 16.0 Å². The highest BCUT2D eigenvalue weighted by atomic mass is 32.2. The Bertz CT molecular complexity index is 458. The first-order valence-electron chi connectivity index (χ1n) is 7.82. The van der Waals surface area contributed by atoms with Gasteiger partial charge in [0.15, 0.2) is 0 Å². The van der Waals surface area contributed by atoms with Crippen LogP contribution in [0.4, 0.5) is 0 Å². The monoisotopic (exact) mass is 334 g/mol. The van der Waals surface area contributed by atoms with Crippen molar-refractivity contribution in [3.8, 4) is 0 Å². The number of amides is 1. The van der Waals surface area contributed by atoms with Crippen molar-refractivity contribution in [1.29, 1.82) is 0 Å². The third-order valence-electron chi connectivity index (χ3n) is 4.56. The Morgan fingerprint density at radius 1 is 1.27 bits per heavy atom. The zero-order chi connectivity index (χ0) is 17.4. The number of quaternary nitrogens is 1. The molecule has 2 unspecified atom stereocenters. The summed E-state index contributed by atoms with van der Waals surface area (Å²) in [6.45, 7) is 14.0. The van der Waals surface area contributed by atoms with Crippen LogP contribution in [0.15, 0.2) is 12.7 Å². The molecule has 0 aromatic heterocycles. The molecule has 0 aliphatic heterocycles. The first-order chi connectivity index (χ1) is 10.1. The van der Waals surface area contributed by atoms with Crippen molar-refractivity contribution in [2.24, 2.45) is 0 Å². The number of carbonyl (C=O) groups is 1. The van der Waals surface area contributed by atoms with Gasteiger partial charge in [0.1, 0.15) is 0 Å². The summed E-state index contributed by atoms with van der Waals surface area (Å²) in [7, 11) is -4.17. The first kappa shape index (κ1) is 21.1. The topological polar surface area (TPSA) is 86.3 Å². The second-order valence-electron chi connectivity index (χ2n) is 5.88. The predicted molar refractivity (Wildman–Crippen MR) is 87.3 cm³/mol. The van der Waals surface area contributed by atoms with Crippen molar-refractivity contribution in [3.63, 3.8) is 0 Å². The normalized spacial score (nSPS) is 15.1. The Kier molecular flexibility index (Phi) is 8.88. The molecule has 0 aliphatic rings. The fraction of sp³-hybridized carbons (Fsp3) is 0.800. The van der Waals surface area contributed by atoms with Crippen molar-refractivity contribution in [2.45, 2.75) is 52.6 Å². The molecule has 130 valence electrons. The van der Waals surface area contributed by atoms with E-state index in [1.54, 1.807) is 0 Å². The number of rotatable bonds is 11. The second kappa shape index (κ2) is 9.27. The first-order valence-corrected chi connectivity index (χ1v) is 9.40. The molecule has 22 heavy (non-hydrogen) atoms. The smallest absolute Gasteiger partial charge is 0.243 e. The van der Waals surface area contributed by atoms with Crippen molar-refractivity contribution in [2.75, 3.05) is 25.4 Å². The molecule has 0 radical (unpaired) electrons. The van der Waals surface area contributed by atoms with Crippen LogP contribution in [0.3, 0.4) is 0 Å². The summed E-state index contributed by atoms with van der Waals surface area (Å²) < 4.78 is 33.3. The molecule has 1 N–H and O–H groups in total. The highest BCUT2D eigenvalue weighted by Crippen LogP contribution is 2.19. The van der Waals surface area contributed by atoms with Crippen LogP contribution in [0, 0.1) is 0 Å². The molecule has 0 spiro atoms. The standard InChI is InChI=1S/C15H30N2O4S/c1-6-15(18)16-13(4)9-11-17(7-2,8-3)14(5)10-12-22(19,20)21/h6,13-14H,1,7-12H2,2-5H3,(H-,16,18,19,20,21). The minimum absolute atomic E-state index is 0.0246. The molecule has 0 heterocycles. The molecule has 0 fully saturated rings. The van der Waals surface area contributed by atoms with Gasteiger partial charge in [-0.05, 0) is 33.8 Å². The SMILES string of the molecule is C=CC(=O)NC(C)CC[N+](CC)(CC)C(C)CCS(=O)(=O)[O-]. The van der Waals surface area contributed by atoms with Crippen molar-refractivity contribution in [1.82, 2.24) is 5.32 Å². The number of nitrogens with one attached hydrogen (secondary N) is 1. The summed E-state index contributed by atoms with van der Waals surface area (Å²) in [6.07, 6.45) is 2.40. The summed E-state index contributed by atoms with van der Waals surface area (Å²) >= 11 is 0. The number of hydrogen-bond acceptors (Lipinski definition) is 4. The third kappa shape index (κ3) is 7.38. The fourth-order valence-corrected chi connectivity index (χ4v) is 3.43. The lowest BCUT2D eigenvalue weighted by Gasteiger charge is -2.43. The third-order valence-corrected chi connectivity index (χ3v) is 5.30. The van der Waals surface area contributed by atoms with E-state index in [9.17, 15) is 17.8 Å². The van der Waals surface area contributed by atoms with Crippen LogP contribution in [0.25, 0.3) is 0 Å². The van der Waals surface area contributed by atoms with Gasteiger partial charge in [-0.15, -0.1) is 0 Å². The molecule has 0 saturated heterocycles. The van der Waals surface area contributed by atoms with Crippen molar-refractivity contribution in [3.05, 3.63) is 12.7 Å². The maximum atomic E-state index is 11.3. The summed E-state index contributed by atoms with van der Waals surface area (Å²) in [5, 5.41) is 2.83. The maximum absolute atomic E-state index is 11.3. The van der Waals surface area contributed by atoms with E-state index in [2.05, 4.69) is 25.7 Å². The quantitative estimate of drug-likeness (QED) is 0.350. The van der Waals surface area contributed by atoms with Gasteiger partial charge in [0.25, 0.3) is 0 Å². The number of hydrogen-bond donors (Lipinski definition) is 1. The van der Waals surface area contributed by atoms with Gasteiger partial charge in [0.2, 0.25) is 5.91 Å². The number of carbonyl (C=O) groups excluding carboxylic acids is 1. The zero-order valence-electron chi connectivity index (χ0n) is 14.2. The summed E-state index contributed by atoms with van der Waals surface area (Å²) in [5.41, 5.74) is 0. The molecule has 0 bridgehead atoms. The largest absolute Gasteiger partial charge is 0.748 e. The molecule has 1 amide bonds. The molecule has 0 aromatic carbocycles. The minimum Gasteiger partial charge on any atom is -0.748 e. The molecule has 6 nitrogen and oxygen atoms in total. The van der Waals surface area contributed by atoms with E-state index in [1.807, 2.05) is 13.8 Å². The lowest BCUT2D eigenvalue weighted by Crippen LogP contribution is -2.56. The van der Waals surface area contributed by atoms with E-state index in [4.69, 9.17) is 0 Å². The van der Waals surface area contributed by atoms with Gasteiger partial charge in [0.05, 0.1) is 35.8 Å². The molecular weight excluding hydrogens is 304 g/mol. The minimum atomic E-state index is -4.17. The molecule has 0 aliphatic carbocycles. The Morgan fingerprint density at radius 2 is 1.82 bits per heavy atom. The van der Waals surface area contributed by atoms with Crippen LogP contribution in [0.2, 0.25) is 0 Å². The predicted octanol–water partition coefficient (Wildman–Crippen LogP) is 1.25. The van der Waals surface area contributed by atoms with Crippen LogP contribution in [-0.2, 0) is 14.9 Å². The Labute approximate surface area is 134 Å². The van der Waals surface area contributed by atoms with E-state index < -0.39 is 10.1 Å². The van der Waals surface area contributed by atoms with Gasteiger partial charge in [-0.2, -0.15) is 0 Å². The molecule has 0 saturated carbocycles. The van der Waals surface area contributed by atoms with Crippen LogP contribution >= 0.6 is 0 Å². The van der Waals surface area contributed by atoms with Crippen molar-refractivity contribution < 1.29 is 22.2 Å². The van der Waals surface area contributed by atoms with E-state index in [0.717, 1.165) is 30.5 Å². The summed E-state index contributed by atoms with van der Waals surface area (Å²) in [4.78, 5) is 11.3. The van der Waals surface area contributed by atoms with Gasteiger partial charge in [-0.1, -0.05) is 6.58 Å². The molecule has 0 rings (SSSR count). The lowest BCUT2D eigenvalue weighted by molar-refractivity contribution is -0.946. The number of nitrogens with zero attached hydrogens (tertiary/aromatic N) is 1. The maximum Gasteiger partial charge on any atom is 0.243 e. The van der Waals surface area contributed by atoms with E-state index in [0.29, 0.717) is 6.42 Å². The Morgan fingerprint density at radius 3 is 2.23 bits per heavy atom. The summed E-state index contributed by atoms with van der Waals surface area (Å²) in [6, 6.07) is 0.109. The van der Waals surface area contributed by atoms with Gasteiger partial charge in [0, 0.05) is 24.6 Å². The van der Waals surface area contributed by atoms with Crippen LogP contribution in [0.5, 0.6) is 0 Å². The second-order valence-corrected chi connectivity index (χ2v) is 7.40. The highest BCUT2D eigenvalue weighted by Gasteiger charge is 2.31. The Hall–Kier alpha value is -0.920. The average Bonchev–Trinajstić information content (AvgIpc) is 2.45.